The van der Waals surface area contributed by atoms with E-state index in [1.165, 1.54) is 0 Å². The first-order valence-corrected chi connectivity index (χ1v) is 3.71. The number of rotatable bonds is 3. The molecule has 0 unspecified atom stereocenters. The Morgan fingerprint density at radius 3 is 3.08 bits per heavy atom. The van der Waals surface area contributed by atoms with Crippen LogP contribution in [0.5, 0.6) is 0 Å². The van der Waals surface area contributed by atoms with E-state index in [2.05, 4.69) is 15.3 Å². The zero-order chi connectivity index (χ0) is 9.52. The molecule has 0 aromatic carbocycles. The summed E-state index contributed by atoms with van der Waals surface area (Å²) in [6.45, 7) is 0.314. The summed E-state index contributed by atoms with van der Waals surface area (Å²) >= 11 is 0. The van der Waals surface area contributed by atoms with Gasteiger partial charge >= 0.3 is 0 Å². The van der Waals surface area contributed by atoms with Gasteiger partial charge in [0.05, 0.1) is 24.5 Å². The van der Waals surface area contributed by atoms with Gasteiger partial charge in [-0.2, -0.15) is 5.26 Å². The summed E-state index contributed by atoms with van der Waals surface area (Å²) in [6, 6.07) is 1.76. The van der Waals surface area contributed by atoms with Crippen LogP contribution in [0.4, 0.5) is 0 Å². The normalized spacial score (nSPS) is 8.85. The topological polar surface area (TPSA) is 78.7 Å². The van der Waals surface area contributed by atoms with Crippen molar-refractivity contribution in [3.8, 4) is 6.07 Å². The number of nitriles is 1. The predicted molar refractivity (Wildman–Crippen MR) is 44.1 cm³/mol. The smallest absolute Gasteiger partial charge is 0.234 e. The third kappa shape index (κ3) is 3.29. The summed E-state index contributed by atoms with van der Waals surface area (Å²) in [5.74, 6) is -0.298. The largest absolute Gasteiger partial charge is 0.349 e. The molecule has 0 saturated carbocycles. The summed E-state index contributed by atoms with van der Waals surface area (Å²) in [5, 5.41) is 10.7. The molecule has 0 atom stereocenters. The van der Waals surface area contributed by atoms with Crippen molar-refractivity contribution in [2.45, 2.75) is 13.0 Å². The predicted octanol–water partition coefficient (Wildman–Crippen LogP) is 0.00648. The second kappa shape index (κ2) is 4.83. The molecule has 66 valence electrons. The summed E-state index contributed by atoms with van der Waals surface area (Å²) in [5.41, 5.74) is 0.675. The number of nitrogens with one attached hydrogen (secondary N) is 1. The van der Waals surface area contributed by atoms with Gasteiger partial charge in [0.2, 0.25) is 5.91 Å². The van der Waals surface area contributed by atoms with Crippen LogP contribution in [0.2, 0.25) is 0 Å². The fraction of sp³-hybridized carbons (Fsp3) is 0.250. The van der Waals surface area contributed by atoms with E-state index in [1.807, 2.05) is 0 Å². The zero-order valence-corrected chi connectivity index (χ0v) is 6.90. The lowest BCUT2D eigenvalue weighted by molar-refractivity contribution is -0.120. The summed E-state index contributed by atoms with van der Waals surface area (Å²) in [7, 11) is 0. The number of aromatic nitrogens is 2. The second-order valence-electron chi connectivity index (χ2n) is 2.31. The Hall–Kier alpha value is -1.96. The number of carbonyl (C=O) groups excluding carboxylic acids is 1. The monoisotopic (exact) mass is 176 g/mol. The maximum atomic E-state index is 10.8. The molecule has 5 heteroatoms. The lowest BCUT2D eigenvalue weighted by atomic mass is 10.4. The van der Waals surface area contributed by atoms with Gasteiger partial charge in [-0.1, -0.05) is 0 Å². The first-order chi connectivity index (χ1) is 6.33. The van der Waals surface area contributed by atoms with Crippen molar-refractivity contribution in [3.05, 3.63) is 24.3 Å². The molecule has 0 radical (unpaired) electrons. The summed E-state index contributed by atoms with van der Waals surface area (Å²) in [4.78, 5) is 18.6. The highest BCUT2D eigenvalue weighted by molar-refractivity contribution is 5.77. The van der Waals surface area contributed by atoms with Crippen molar-refractivity contribution in [1.29, 1.82) is 5.26 Å². The van der Waals surface area contributed by atoms with Gasteiger partial charge < -0.3 is 5.32 Å². The average Bonchev–Trinajstić information content (AvgIpc) is 2.17. The number of hydrogen-bond donors (Lipinski definition) is 1. The van der Waals surface area contributed by atoms with Crippen LogP contribution in [0, 0.1) is 11.3 Å². The van der Waals surface area contributed by atoms with Crippen molar-refractivity contribution >= 4 is 5.91 Å². The van der Waals surface area contributed by atoms with Crippen LogP contribution >= 0.6 is 0 Å². The fourth-order valence-electron chi connectivity index (χ4n) is 0.745. The SMILES string of the molecule is N#CCC(=O)NCc1cnccn1. The van der Waals surface area contributed by atoms with E-state index in [4.69, 9.17) is 5.26 Å². The van der Waals surface area contributed by atoms with Gasteiger partial charge in [0.1, 0.15) is 6.42 Å². The van der Waals surface area contributed by atoms with Gasteiger partial charge in [0, 0.05) is 12.4 Å². The first kappa shape index (κ1) is 9.13. The van der Waals surface area contributed by atoms with Crippen LogP contribution in [0.1, 0.15) is 12.1 Å². The molecule has 0 bridgehead atoms. The lowest BCUT2D eigenvalue weighted by Gasteiger charge is -2.00. The molecule has 0 aliphatic heterocycles. The molecule has 1 heterocycles. The Balaban J connectivity index is 2.36. The second-order valence-corrected chi connectivity index (χ2v) is 2.31. The molecular formula is C8H8N4O. The molecule has 0 spiro atoms. The summed E-state index contributed by atoms with van der Waals surface area (Å²) in [6.07, 6.45) is 4.54. The standard InChI is InChI=1S/C8H8N4O/c9-2-1-8(13)12-6-7-5-10-3-4-11-7/h3-5H,1,6H2,(H,12,13). The summed E-state index contributed by atoms with van der Waals surface area (Å²) < 4.78 is 0. The lowest BCUT2D eigenvalue weighted by Crippen LogP contribution is -2.22. The van der Waals surface area contributed by atoms with Gasteiger partial charge in [-0.25, -0.2) is 0 Å². The van der Waals surface area contributed by atoms with Crippen LogP contribution in [-0.4, -0.2) is 15.9 Å². The van der Waals surface area contributed by atoms with E-state index >= 15 is 0 Å². The van der Waals surface area contributed by atoms with Gasteiger partial charge in [0.25, 0.3) is 0 Å². The number of carbonyl (C=O) groups is 1. The molecule has 0 aliphatic rings. The average molecular weight is 176 g/mol. The molecule has 1 amide bonds. The molecule has 0 fully saturated rings. The van der Waals surface area contributed by atoms with Crippen LogP contribution in [-0.2, 0) is 11.3 Å². The highest BCUT2D eigenvalue weighted by Crippen LogP contribution is 1.88. The van der Waals surface area contributed by atoms with Crippen LogP contribution < -0.4 is 5.32 Å². The van der Waals surface area contributed by atoms with Crippen molar-refractivity contribution in [2.24, 2.45) is 0 Å². The van der Waals surface area contributed by atoms with E-state index < -0.39 is 0 Å². The molecular weight excluding hydrogens is 168 g/mol. The molecule has 5 nitrogen and oxygen atoms in total. The van der Waals surface area contributed by atoms with Crippen molar-refractivity contribution < 1.29 is 4.79 Å². The Morgan fingerprint density at radius 2 is 2.46 bits per heavy atom. The highest BCUT2D eigenvalue weighted by Gasteiger charge is 1.99. The third-order valence-electron chi connectivity index (χ3n) is 1.32. The Kier molecular flexibility index (Phi) is 3.39. The third-order valence-corrected chi connectivity index (χ3v) is 1.32. The molecule has 1 aromatic heterocycles. The van der Waals surface area contributed by atoms with Crippen LogP contribution in [0.15, 0.2) is 18.6 Å². The maximum absolute atomic E-state index is 10.8. The van der Waals surface area contributed by atoms with Crippen molar-refractivity contribution in [3.63, 3.8) is 0 Å². The Morgan fingerprint density at radius 1 is 1.62 bits per heavy atom. The zero-order valence-electron chi connectivity index (χ0n) is 6.90. The first-order valence-electron chi connectivity index (χ1n) is 3.71. The number of amides is 1. The van der Waals surface area contributed by atoms with Crippen LogP contribution in [0.25, 0.3) is 0 Å². The molecule has 0 saturated heterocycles. The Bertz CT molecular complexity index is 317. The van der Waals surface area contributed by atoms with E-state index in [0.29, 0.717) is 12.2 Å². The van der Waals surface area contributed by atoms with E-state index in [-0.39, 0.29) is 12.3 Å². The molecule has 0 aliphatic carbocycles. The molecule has 13 heavy (non-hydrogen) atoms. The fourth-order valence-corrected chi connectivity index (χ4v) is 0.745. The van der Waals surface area contributed by atoms with Crippen LogP contribution in [0.3, 0.4) is 0 Å². The van der Waals surface area contributed by atoms with Gasteiger partial charge in [-0.05, 0) is 0 Å². The van der Waals surface area contributed by atoms with E-state index in [9.17, 15) is 4.79 Å². The highest BCUT2D eigenvalue weighted by atomic mass is 16.1. The minimum Gasteiger partial charge on any atom is -0.349 e. The molecule has 1 rings (SSSR count). The van der Waals surface area contributed by atoms with Gasteiger partial charge in [-0.3, -0.25) is 14.8 Å². The maximum Gasteiger partial charge on any atom is 0.234 e. The molecule has 1 N–H and O–H groups in total. The van der Waals surface area contributed by atoms with E-state index in [0.717, 1.165) is 0 Å². The van der Waals surface area contributed by atoms with Crippen molar-refractivity contribution in [1.82, 2.24) is 15.3 Å². The quantitative estimate of drug-likeness (QED) is 0.703. The minimum absolute atomic E-state index is 0.125. The van der Waals surface area contributed by atoms with Crippen molar-refractivity contribution in [2.75, 3.05) is 0 Å². The molecule has 1 aromatic rings. The van der Waals surface area contributed by atoms with Gasteiger partial charge in [0.15, 0.2) is 0 Å². The van der Waals surface area contributed by atoms with E-state index in [1.54, 1.807) is 24.7 Å². The number of nitrogens with zero attached hydrogens (tertiary/aromatic N) is 3. The van der Waals surface area contributed by atoms with Gasteiger partial charge in [-0.15, -0.1) is 0 Å². The Labute approximate surface area is 75.4 Å². The minimum atomic E-state index is -0.298. The number of hydrogen-bond acceptors (Lipinski definition) is 4.